The van der Waals surface area contributed by atoms with Gasteiger partial charge in [-0.1, -0.05) is 51.8 Å². The van der Waals surface area contributed by atoms with E-state index in [9.17, 15) is 14.4 Å². The van der Waals surface area contributed by atoms with Gasteiger partial charge in [-0.25, -0.2) is 9.69 Å². The number of benzene rings is 3. The Morgan fingerprint density at radius 2 is 1.79 bits per heavy atom. The highest BCUT2D eigenvalue weighted by Crippen LogP contribution is 2.28. The van der Waals surface area contributed by atoms with Gasteiger partial charge >= 0.3 is 6.03 Å². The molecule has 3 aromatic rings. The Hall–Kier alpha value is -2.69. The zero-order valence-corrected chi connectivity index (χ0v) is 22.3. The molecule has 1 aliphatic heterocycles. The lowest BCUT2D eigenvalue weighted by Crippen LogP contribution is -2.54. The Morgan fingerprint density at radius 3 is 2.47 bits per heavy atom. The van der Waals surface area contributed by atoms with Crippen LogP contribution in [0.2, 0.25) is 5.02 Å². The summed E-state index contributed by atoms with van der Waals surface area (Å²) in [7, 11) is 0. The van der Waals surface area contributed by atoms with Crippen LogP contribution in [0, 0.1) is 10.5 Å². The van der Waals surface area contributed by atoms with Crippen LogP contribution >= 0.6 is 50.1 Å². The van der Waals surface area contributed by atoms with Gasteiger partial charge in [0.25, 0.3) is 11.8 Å². The first-order chi connectivity index (χ1) is 16.2. The van der Waals surface area contributed by atoms with E-state index in [1.54, 1.807) is 30.3 Å². The molecule has 0 atom stereocenters. The molecular weight excluding hydrogens is 635 g/mol. The van der Waals surface area contributed by atoms with Gasteiger partial charge in [-0.3, -0.25) is 14.9 Å². The highest BCUT2D eigenvalue weighted by atomic mass is 127. The summed E-state index contributed by atoms with van der Waals surface area (Å²) < 4.78 is 7.71. The molecule has 1 fully saturated rings. The number of aryl methyl sites for hydroxylation is 1. The van der Waals surface area contributed by atoms with E-state index >= 15 is 0 Å². The minimum atomic E-state index is -0.821. The summed E-state index contributed by atoms with van der Waals surface area (Å²) in [6.07, 6.45) is 1.45. The van der Waals surface area contributed by atoms with Crippen LogP contribution in [0.4, 0.5) is 10.5 Å². The number of rotatable bonds is 5. The van der Waals surface area contributed by atoms with Gasteiger partial charge in [0.2, 0.25) is 0 Å². The lowest BCUT2D eigenvalue weighted by molar-refractivity contribution is -0.122. The Balaban J connectivity index is 1.56. The fraction of sp³-hybridized carbons (Fsp3) is 0.0800. The molecule has 6 nitrogen and oxygen atoms in total. The van der Waals surface area contributed by atoms with Gasteiger partial charge < -0.3 is 4.74 Å². The summed E-state index contributed by atoms with van der Waals surface area (Å²) in [5, 5.41) is 2.63. The van der Waals surface area contributed by atoms with Gasteiger partial charge in [0, 0.05) is 9.50 Å². The van der Waals surface area contributed by atoms with E-state index in [0.717, 1.165) is 24.1 Å². The van der Waals surface area contributed by atoms with Crippen molar-refractivity contribution in [3.05, 3.63) is 96.0 Å². The fourth-order valence-electron chi connectivity index (χ4n) is 3.25. The van der Waals surface area contributed by atoms with E-state index in [1.807, 2.05) is 31.2 Å². The first kappa shape index (κ1) is 24.4. The normalized spacial score (nSPS) is 15.0. The van der Waals surface area contributed by atoms with Crippen molar-refractivity contribution in [2.45, 2.75) is 13.5 Å². The number of urea groups is 1. The van der Waals surface area contributed by atoms with Crippen LogP contribution in [0.15, 0.2) is 70.7 Å². The average molecular weight is 652 g/mol. The maximum Gasteiger partial charge on any atom is 0.335 e. The van der Waals surface area contributed by atoms with Gasteiger partial charge in [0.1, 0.15) is 17.9 Å². The number of hydrogen-bond donors (Lipinski definition) is 1. The van der Waals surface area contributed by atoms with E-state index in [-0.39, 0.29) is 11.3 Å². The third-order valence-corrected chi connectivity index (χ3v) is 6.87. The first-order valence-electron chi connectivity index (χ1n) is 10.1. The summed E-state index contributed by atoms with van der Waals surface area (Å²) in [5.74, 6) is -0.800. The summed E-state index contributed by atoms with van der Waals surface area (Å²) in [6.45, 7) is 2.22. The predicted molar refractivity (Wildman–Crippen MR) is 143 cm³/mol. The predicted octanol–water partition coefficient (Wildman–Crippen LogP) is 6.26. The van der Waals surface area contributed by atoms with E-state index in [2.05, 4.69) is 43.8 Å². The van der Waals surface area contributed by atoms with Crippen LogP contribution in [0.3, 0.4) is 0 Å². The minimum absolute atomic E-state index is 0.157. The third-order valence-electron chi connectivity index (χ3n) is 5.09. The highest BCUT2D eigenvalue weighted by Gasteiger charge is 2.37. The van der Waals surface area contributed by atoms with Crippen molar-refractivity contribution in [1.29, 1.82) is 0 Å². The second kappa shape index (κ2) is 10.3. The van der Waals surface area contributed by atoms with Crippen LogP contribution in [0.5, 0.6) is 5.75 Å². The summed E-state index contributed by atoms with van der Waals surface area (Å²) in [4.78, 5) is 38.8. The maximum absolute atomic E-state index is 13.1. The molecule has 0 aromatic heterocycles. The Labute approximate surface area is 223 Å². The molecule has 4 rings (SSSR count). The second-order valence-corrected chi connectivity index (χ2v) is 9.98. The second-order valence-electron chi connectivity index (χ2n) is 7.50. The molecule has 0 spiro atoms. The average Bonchev–Trinajstić information content (AvgIpc) is 2.79. The van der Waals surface area contributed by atoms with Crippen LogP contribution in [0.25, 0.3) is 6.08 Å². The molecule has 34 heavy (non-hydrogen) atoms. The molecule has 0 aliphatic carbocycles. The molecule has 0 unspecified atom stereocenters. The van der Waals surface area contributed by atoms with Crippen molar-refractivity contribution in [3.63, 3.8) is 0 Å². The van der Waals surface area contributed by atoms with Gasteiger partial charge in [0.05, 0.1) is 9.26 Å². The standard InChI is InChI=1S/C25H17BrClIN2O4/c1-14-2-8-18(12-20(14)27)30-24(32)19(23(31)29-25(30)33)10-16-5-9-22(21(28)11-16)34-13-15-3-6-17(26)7-4-15/h2-12H,13H2,1H3,(H,29,31,33)/b19-10-. The maximum atomic E-state index is 13.1. The number of imide groups is 2. The van der Waals surface area contributed by atoms with Crippen molar-refractivity contribution in [2.75, 3.05) is 4.90 Å². The first-order valence-corrected chi connectivity index (χ1v) is 12.3. The molecule has 1 N–H and O–H groups in total. The molecule has 0 saturated carbocycles. The Kier molecular flexibility index (Phi) is 7.39. The number of carbonyl (C=O) groups is 3. The van der Waals surface area contributed by atoms with Crippen molar-refractivity contribution >= 4 is 79.7 Å². The molecule has 3 aromatic carbocycles. The molecule has 4 amide bonds. The lowest BCUT2D eigenvalue weighted by atomic mass is 10.1. The zero-order valence-electron chi connectivity index (χ0n) is 17.8. The van der Waals surface area contributed by atoms with E-state index < -0.39 is 17.8 Å². The third kappa shape index (κ3) is 5.34. The molecular formula is C25H17BrClIN2O4. The summed E-state index contributed by atoms with van der Waals surface area (Å²) in [6, 6.07) is 17.2. The van der Waals surface area contributed by atoms with E-state index in [4.69, 9.17) is 16.3 Å². The fourth-order valence-corrected chi connectivity index (χ4v) is 4.38. The number of hydrogen-bond acceptors (Lipinski definition) is 4. The number of halogens is 3. The largest absolute Gasteiger partial charge is 0.488 e. The molecule has 1 saturated heterocycles. The van der Waals surface area contributed by atoms with Gasteiger partial charge in [0.15, 0.2) is 0 Å². The van der Waals surface area contributed by atoms with Crippen molar-refractivity contribution in [2.24, 2.45) is 0 Å². The molecule has 172 valence electrons. The molecule has 9 heteroatoms. The van der Waals surface area contributed by atoms with E-state index in [1.165, 1.54) is 12.1 Å². The molecule has 1 aliphatic rings. The van der Waals surface area contributed by atoms with Crippen molar-refractivity contribution in [1.82, 2.24) is 5.32 Å². The monoisotopic (exact) mass is 650 g/mol. The lowest BCUT2D eigenvalue weighted by Gasteiger charge is -2.26. The van der Waals surface area contributed by atoms with Crippen molar-refractivity contribution in [3.8, 4) is 5.75 Å². The number of carbonyl (C=O) groups excluding carboxylic acids is 3. The number of nitrogens with one attached hydrogen (secondary N) is 1. The van der Waals surface area contributed by atoms with Crippen LogP contribution in [-0.4, -0.2) is 17.8 Å². The van der Waals surface area contributed by atoms with Crippen LogP contribution in [-0.2, 0) is 16.2 Å². The summed E-state index contributed by atoms with van der Waals surface area (Å²) in [5.41, 5.74) is 2.57. The number of ether oxygens (including phenoxy) is 1. The molecule has 0 radical (unpaired) electrons. The molecule has 0 bridgehead atoms. The van der Waals surface area contributed by atoms with Gasteiger partial charge in [-0.2, -0.15) is 0 Å². The number of amides is 4. The summed E-state index contributed by atoms with van der Waals surface area (Å²) >= 11 is 11.7. The zero-order chi connectivity index (χ0) is 24.4. The van der Waals surface area contributed by atoms with Crippen LogP contribution < -0.4 is 15.0 Å². The number of barbiturate groups is 1. The number of nitrogens with zero attached hydrogens (tertiary/aromatic N) is 1. The highest BCUT2D eigenvalue weighted by molar-refractivity contribution is 14.1. The topological polar surface area (TPSA) is 75.7 Å². The smallest absolute Gasteiger partial charge is 0.335 e. The minimum Gasteiger partial charge on any atom is -0.488 e. The van der Waals surface area contributed by atoms with E-state index in [0.29, 0.717) is 22.9 Å². The SMILES string of the molecule is Cc1ccc(N2C(=O)NC(=O)/C(=C/c3ccc(OCc4ccc(Br)cc4)c(I)c3)C2=O)cc1Cl. The van der Waals surface area contributed by atoms with Gasteiger partial charge in [-0.15, -0.1) is 0 Å². The van der Waals surface area contributed by atoms with Crippen LogP contribution in [0.1, 0.15) is 16.7 Å². The van der Waals surface area contributed by atoms with Gasteiger partial charge in [-0.05, 0) is 88.7 Å². The molecule has 1 heterocycles. The Morgan fingerprint density at radius 1 is 1.06 bits per heavy atom. The Bertz CT molecular complexity index is 1340. The quantitative estimate of drug-likeness (QED) is 0.201. The van der Waals surface area contributed by atoms with Crippen molar-refractivity contribution < 1.29 is 19.1 Å². The number of anilines is 1.